The Morgan fingerprint density at radius 2 is 2.29 bits per heavy atom. The molecule has 0 fully saturated rings. The van der Waals surface area contributed by atoms with Crippen molar-refractivity contribution in [3.05, 3.63) is 27.8 Å². The zero-order valence-corrected chi connectivity index (χ0v) is 8.38. The topological polar surface area (TPSA) is 94.8 Å². The van der Waals surface area contributed by atoms with E-state index in [9.17, 15) is 10.1 Å². The lowest BCUT2D eigenvalue weighted by molar-refractivity contribution is -0.387. The molecule has 0 heterocycles. The first kappa shape index (κ1) is 10.5. The highest BCUT2D eigenvalue weighted by atomic mass is 32.2. The summed E-state index contributed by atoms with van der Waals surface area (Å²) in [5.41, 5.74) is 6.59. The first-order valence-corrected chi connectivity index (χ1v) is 4.99. The molecule has 5 nitrogen and oxygen atoms in total. The second-order valence-electron chi connectivity index (χ2n) is 2.58. The summed E-state index contributed by atoms with van der Waals surface area (Å²) in [5.74, 6) is 0. The second-order valence-corrected chi connectivity index (χ2v) is 3.42. The van der Waals surface area contributed by atoms with Crippen molar-refractivity contribution in [1.29, 1.82) is 0 Å². The average Bonchev–Trinajstić information content (AvgIpc) is 2.16. The summed E-state index contributed by atoms with van der Waals surface area (Å²) < 4.78 is 0. The van der Waals surface area contributed by atoms with Gasteiger partial charge in [0.25, 0.3) is 5.69 Å². The van der Waals surface area contributed by atoms with E-state index in [1.807, 2.05) is 0 Å². The summed E-state index contributed by atoms with van der Waals surface area (Å²) in [6.45, 7) is 0. The van der Waals surface area contributed by atoms with Crippen molar-refractivity contribution in [2.75, 3.05) is 12.0 Å². The SMILES string of the molecule is CSc1cc(N)c(C=[NH2+])cc1[N+](=O)[O-]. The molecule has 74 valence electrons. The Bertz CT molecular complexity index is 392. The van der Waals surface area contributed by atoms with Gasteiger partial charge in [0.05, 0.1) is 15.4 Å². The van der Waals surface area contributed by atoms with Gasteiger partial charge in [-0.3, -0.25) is 15.5 Å². The molecule has 0 saturated carbocycles. The highest BCUT2D eigenvalue weighted by Gasteiger charge is 2.16. The lowest BCUT2D eigenvalue weighted by Crippen LogP contribution is -2.30. The Hall–Kier alpha value is -1.56. The molecular weight excluding hydrogens is 202 g/mol. The fourth-order valence-corrected chi connectivity index (χ4v) is 1.64. The number of hydrogen-bond donors (Lipinski definition) is 2. The van der Waals surface area contributed by atoms with Crippen LogP contribution < -0.4 is 11.1 Å². The second kappa shape index (κ2) is 4.10. The van der Waals surface area contributed by atoms with E-state index in [4.69, 9.17) is 11.1 Å². The first-order chi connectivity index (χ1) is 6.60. The monoisotopic (exact) mass is 212 g/mol. The van der Waals surface area contributed by atoms with E-state index in [2.05, 4.69) is 0 Å². The highest BCUT2D eigenvalue weighted by molar-refractivity contribution is 7.98. The molecule has 6 heteroatoms. The van der Waals surface area contributed by atoms with E-state index in [0.717, 1.165) is 0 Å². The van der Waals surface area contributed by atoms with E-state index in [0.29, 0.717) is 16.1 Å². The van der Waals surface area contributed by atoms with Crippen molar-refractivity contribution in [3.63, 3.8) is 0 Å². The number of anilines is 1. The van der Waals surface area contributed by atoms with Crippen LogP contribution in [0.4, 0.5) is 11.4 Å². The molecule has 0 bridgehead atoms. The number of rotatable bonds is 3. The molecule has 0 radical (unpaired) electrons. The minimum absolute atomic E-state index is 0.0309. The molecule has 0 aliphatic carbocycles. The third kappa shape index (κ3) is 1.85. The van der Waals surface area contributed by atoms with E-state index in [1.54, 1.807) is 12.3 Å². The van der Waals surface area contributed by atoms with Gasteiger partial charge < -0.3 is 5.73 Å². The highest BCUT2D eigenvalue weighted by Crippen LogP contribution is 2.30. The van der Waals surface area contributed by atoms with Crippen LogP contribution in [-0.2, 0) is 0 Å². The van der Waals surface area contributed by atoms with Gasteiger partial charge in [0.15, 0.2) is 6.21 Å². The predicted octanol–water partition coefficient (Wildman–Crippen LogP) is 0.0769. The molecule has 0 atom stereocenters. The van der Waals surface area contributed by atoms with Gasteiger partial charge in [-0.05, 0) is 12.3 Å². The number of thioether (sulfide) groups is 1. The lowest BCUT2D eigenvalue weighted by atomic mass is 10.2. The van der Waals surface area contributed by atoms with Crippen LogP contribution in [0.1, 0.15) is 5.56 Å². The predicted molar refractivity (Wildman–Crippen MR) is 56.4 cm³/mol. The van der Waals surface area contributed by atoms with Crippen LogP contribution in [0.3, 0.4) is 0 Å². The van der Waals surface area contributed by atoms with E-state index >= 15 is 0 Å². The number of hydrogen-bond acceptors (Lipinski definition) is 4. The number of nitro benzene ring substituents is 1. The molecule has 1 aromatic carbocycles. The molecule has 0 amide bonds. The van der Waals surface area contributed by atoms with Crippen molar-refractivity contribution in [1.82, 2.24) is 0 Å². The van der Waals surface area contributed by atoms with Gasteiger partial charge in [0.2, 0.25) is 0 Å². The molecule has 1 rings (SSSR count). The average molecular weight is 212 g/mol. The van der Waals surface area contributed by atoms with Crippen LogP contribution in [0.2, 0.25) is 0 Å². The summed E-state index contributed by atoms with van der Waals surface area (Å²) in [6, 6.07) is 2.93. The summed E-state index contributed by atoms with van der Waals surface area (Å²) in [5, 5.41) is 15.9. The van der Waals surface area contributed by atoms with Crippen molar-refractivity contribution >= 4 is 29.4 Å². The van der Waals surface area contributed by atoms with Gasteiger partial charge in [-0.2, -0.15) is 0 Å². The summed E-state index contributed by atoms with van der Waals surface area (Å²) in [4.78, 5) is 10.8. The van der Waals surface area contributed by atoms with Gasteiger partial charge in [0, 0.05) is 11.8 Å². The van der Waals surface area contributed by atoms with E-state index < -0.39 is 4.92 Å². The number of nitro groups is 1. The Labute approximate surface area is 85.0 Å². The van der Waals surface area contributed by atoms with Crippen LogP contribution in [0.5, 0.6) is 0 Å². The molecular formula is C8H10N3O2S+. The fraction of sp³-hybridized carbons (Fsp3) is 0.125. The van der Waals surface area contributed by atoms with E-state index in [1.165, 1.54) is 24.0 Å². The van der Waals surface area contributed by atoms with Crippen molar-refractivity contribution in [2.45, 2.75) is 4.90 Å². The molecule has 0 aliphatic rings. The largest absolute Gasteiger partial charge is 0.398 e. The Morgan fingerprint density at radius 3 is 2.71 bits per heavy atom. The van der Waals surface area contributed by atoms with Crippen molar-refractivity contribution < 1.29 is 10.3 Å². The molecule has 14 heavy (non-hydrogen) atoms. The van der Waals surface area contributed by atoms with Gasteiger partial charge in [-0.25, -0.2) is 0 Å². The first-order valence-electron chi connectivity index (χ1n) is 3.77. The Morgan fingerprint density at radius 1 is 1.64 bits per heavy atom. The van der Waals surface area contributed by atoms with Gasteiger partial charge in [-0.1, -0.05) is 0 Å². The summed E-state index contributed by atoms with van der Waals surface area (Å²) in [6.07, 6.45) is 3.01. The molecule has 0 saturated heterocycles. The third-order valence-corrected chi connectivity index (χ3v) is 2.53. The molecule has 4 N–H and O–H groups in total. The Kier molecular flexibility index (Phi) is 3.08. The molecule has 1 aromatic rings. The summed E-state index contributed by atoms with van der Waals surface area (Å²) >= 11 is 1.28. The fourth-order valence-electron chi connectivity index (χ4n) is 1.05. The number of benzene rings is 1. The van der Waals surface area contributed by atoms with Crippen LogP contribution >= 0.6 is 11.8 Å². The Balaban J connectivity index is 3.39. The van der Waals surface area contributed by atoms with Crippen LogP contribution in [-0.4, -0.2) is 17.4 Å². The van der Waals surface area contributed by atoms with Gasteiger partial charge >= 0.3 is 0 Å². The molecule has 0 spiro atoms. The number of nitrogens with two attached hydrogens (primary N) is 2. The van der Waals surface area contributed by atoms with Gasteiger partial charge in [0.1, 0.15) is 0 Å². The third-order valence-electron chi connectivity index (χ3n) is 1.76. The standard InChI is InChI=1S/C8H9N3O2S/c1-14-8-3-6(10)5(4-9)2-7(8)11(12)13/h2-4,9H,10H2,1H3/p+1. The maximum absolute atomic E-state index is 10.7. The van der Waals surface area contributed by atoms with Gasteiger partial charge in [-0.15, -0.1) is 11.8 Å². The maximum atomic E-state index is 10.7. The number of nitrogen functional groups attached to an aromatic ring is 1. The molecule has 0 aromatic heterocycles. The summed E-state index contributed by atoms with van der Waals surface area (Å²) in [7, 11) is 0. The van der Waals surface area contributed by atoms with Crippen molar-refractivity contribution in [2.24, 2.45) is 0 Å². The normalized spacial score (nSPS) is 9.79. The lowest BCUT2D eigenvalue weighted by Gasteiger charge is -2.02. The molecule has 0 aliphatic heterocycles. The number of nitrogens with zero attached hydrogens (tertiary/aromatic N) is 1. The van der Waals surface area contributed by atoms with Crippen LogP contribution in [0.15, 0.2) is 17.0 Å². The minimum atomic E-state index is -0.446. The zero-order chi connectivity index (χ0) is 10.7. The maximum Gasteiger partial charge on any atom is 0.283 e. The minimum Gasteiger partial charge on any atom is -0.398 e. The van der Waals surface area contributed by atoms with Crippen LogP contribution in [0.25, 0.3) is 0 Å². The smallest absolute Gasteiger partial charge is 0.283 e. The zero-order valence-electron chi connectivity index (χ0n) is 7.56. The van der Waals surface area contributed by atoms with Crippen molar-refractivity contribution in [3.8, 4) is 0 Å². The van der Waals surface area contributed by atoms with Crippen LogP contribution in [0, 0.1) is 10.1 Å². The molecule has 0 unspecified atom stereocenters. The van der Waals surface area contributed by atoms with E-state index in [-0.39, 0.29) is 5.69 Å². The quantitative estimate of drug-likeness (QED) is 0.244.